The van der Waals surface area contributed by atoms with Gasteiger partial charge in [0.2, 0.25) is 0 Å². The molecule has 1 aromatic rings. The molecule has 1 nitrogen and oxygen atoms in total. The van der Waals surface area contributed by atoms with Crippen molar-refractivity contribution < 1.29 is 4.74 Å². The second-order valence-electron chi connectivity index (χ2n) is 5.33. The molecule has 17 heavy (non-hydrogen) atoms. The van der Waals surface area contributed by atoms with E-state index in [-0.39, 0.29) is 0 Å². The number of hydrogen-bond donors (Lipinski definition) is 0. The van der Waals surface area contributed by atoms with Crippen molar-refractivity contribution in [1.29, 1.82) is 0 Å². The molecule has 2 unspecified atom stereocenters. The smallest absolute Gasteiger partial charge is 0.0659 e. The summed E-state index contributed by atoms with van der Waals surface area (Å²) in [5.41, 5.74) is 0.344. The number of hydrogen-bond acceptors (Lipinski definition) is 2. The third kappa shape index (κ3) is 2.16. The van der Waals surface area contributed by atoms with Crippen LogP contribution >= 0.6 is 22.9 Å². The Morgan fingerprint density at radius 1 is 1.41 bits per heavy atom. The summed E-state index contributed by atoms with van der Waals surface area (Å²) in [5, 5.41) is 2.50. The summed E-state index contributed by atoms with van der Waals surface area (Å²) >= 11 is 8.23. The van der Waals surface area contributed by atoms with E-state index in [1.165, 1.54) is 30.6 Å². The Balaban J connectivity index is 1.49. The molecule has 0 N–H and O–H groups in total. The van der Waals surface area contributed by atoms with Gasteiger partial charge in [-0.3, -0.25) is 0 Å². The predicted octanol–water partition coefficient (Wildman–Crippen LogP) is 4.25. The first kappa shape index (κ1) is 12.0. The molecule has 1 spiro atoms. The number of halogens is 1. The van der Waals surface area contributed by atoms with Gasteiger partial charge in [0.1, 0.15) is 0 Å². The molecule has 2 aliphatic carbocycles. The maximum absolute atomic E-state index is 6.41. The van der Waals surface area contributed by atoms with Gasteiger partial charge < -0.3 is 4.74 Å². The first-order chi connectivity index (χ1) is 8.31. The van der Waals surface area contributed by atoms with E-state index in [2.05, 4.69) is 17.5 Å². The zero-order valence-corrected chi connectivity index (χ0v) is 11.6. The van der Waals surface area contributed by atoms with E-state index < -0.39 is 0 Å². The zero-order chi connectivity index (χ0) is 11.7. The summed E-state index contributed by atoms with van der Waals surface area (Å²) < 4.78 is 6.08. The van der Waals surface area contributed by atoms with E-state index in [4.69, 9.17) is 16.3 Å². The molecule has 2 fully saturated rings. The highest BCUT2D eigenvalue weighted by Crippen LogP contribution is 2.57. The van der Waals surface area contributed by atoms with Crippen molar-refractivity contribution >= 4 is 22.9 Å². The van der Waals surface area contributed by atoms with Crippen LogP contribution < -0.4 is 0 Å². The van der Waals surface area contributed by atoms with Crippen LogP contribution in [0.4, 0.5) is 0 Å². The molecule has 1 heterocycles. The van der Waals surface area contributed by atoms with Crippen molar-refractivity contribution in [2.45, 2.75) is 50.0 Å². The SMILES string of the molecule is ClC1CC(OCCc2cccs2)C12CCCC2. The van der Waals surface area contributed by atoms with Crippen molar-refractivity contribution in [2.24, 2.45) is 5.41 Å². The largest absolute Gasteiger partial charge is 0.377 e. The minimum absolute atomic E-state index is 0.344. The lowest BCUT2D eigenvalue weighted by molar-refractivity contribution is -0.103. The Kier molecular flexibility index (Phi) is 3.47. The molecule has 2 aliphatic rings. The van der Waals surface area contributed by atoms with Gasteiger partial charge in [-0.25, -0.2) is 0 Å². The van der Waals surface area contributed by atoms with E-state index in [1.807, 2.05) is 11.3 Å². The highest BCUT2D eigenvalue weighted by molar-refractivity contribution is 7.09. The van der Waals surface area contributed by atoms with Crippen LogP contribution in [0.3, 0.4) is 0 Å². The molecule has 0 bridgehead atoms. The Morgan fingerprint density at radius 3 is 2.88 bits per heavy atom. The van der Waals surface area contributed by atoms with Crippen LogP contribution in [0.5, 0.6) is 0 Å². The van der Waals surface area contributed by atoms with Crippen LogP contribution in [0.1, 0.15) is 37.0 Å². The van der Waals surface area contributed by atoms with Crippen molar-refractivity contribution in [2.75, 3.05) is 6.61 Å². The molecule has 3 rings (SSSR count). The van der Waals surface area contributed by atoms with E-state index in [9.17, 15) is 0 Å². The molecule has 1 aromatic heterocycles. The summed E-state index contributed by atoms with van der Waals surface area (Å²) in [6, 6.07) is 4.29. The molecule has 2 saturated carbocycles. The summed E-state index contributed by atoms with van der Waals surface area (Å²) in [7, 11) is 0. The van der Waals surface area contributed by atoms with Gasteiger partial charge in [0.05, 0.1) is 12.7 Å². The molecular weight excluding hydrogens is 252 g/mol. The maximum Gasteiger partial charge on any atom is 0.0659 e. The van der Waals surface area contributed by atoms with Crippen LogP contribution in [-0.4, -0.2) is 18.1 Å². The van der Waals surface area contributed by atoms with E-state index >= 15 is 0 Å². The lowest BCUT2D eigenvalue weighted by Crippen LogP contribution is -2.54. The van der Waals surface area contributed by atoms with Gasteiger partial charge in [-0.2, -0.15) is 0 Å². The second kappa shape index (κ2) is 4.91. The highest BCUT2D eigenvalue weighted by Gasteiger charge is 2.55. The fraction of sp³-hybridized carbons (Fsp3) is 0.714. The molecule has 2 atom stereocenters. The number of alkyl halides is 1. The summed E-state index contributed by atoms with van der Waals surface area (Å²) in [5.74, 6) is 0. The van der Waals surface area contributed by atoms with Gasteiger partial charge in [0, 0.05) is 22.1 Å². The van der Waals surface area contributed by atoms with Gasteiger partial charge in [0.15, 0.2) is 0 Å². The van der Waals surface area contributed by atoms with E-state index in [0.717, 1.165) is 19.4 Å². The van der Waals surface area contributed by atoms with E-state index in [0.29, 0.717) is 16.9 Å². The van der Waals surface area contributed by atoms with Crippen molar-refractivity contribution in [3.8, 4) is 0 Å². The fourth-order valence-electron chi connectivity index (χ4n) is 3.36. The maximum atomic E-state index is 6.41. The van der Waals surface area contributed by atoms with Crippen LogP contribution in [0.2, 0.25) is 0 Å². The standard InChI is InChI=1S/C14H19ClOS/c15-12-10-13(14(12)6-1-2-7-14)16-8-5-11-4-3-9-17-11/h3-4,9,12-13H,1-2,5-8,10H2. The van der Waals surface area contributed by atoms with Gasteiger partial charge in [-0.05, 0) is 30.7 Å². The fourth-order valence-corrected chi connectivity index (χ4v) is 4.57. The first-order valence-corrected chi connectivity index (χ1v) is 7.91. The molecule has 0 saturated heterocycles. The van der Waals surface area contributed by atoms with Crippen molar-refractivity contribution in [1.82, 2.24) is 0 Å². The van der Waals surface area contributed by atoms with Crippen LogP contribution in [-0.2, 0) is 11.2 Å². The van der Waals surface area contributed by atoms with Gasteiger partial charge in [0.25, 0.3) is 0 Å². The molecule has 0 aliphatic heterocycles. The molecular formula is C14H19ClOS. The second-order valence-corrected chi connectivity index (χ2v) is 6.89. The summed E-state index contributed by atoms with van der Waals surface area (Å²) in [6.07, 6.45) is 7.80. The van der Waals surface area contributed by atoms with Crippen LogP contribution in [0.15, 0.2) is 17.5 Å². The average molecular weight is 271 g/mol. The average Bonchev–Trinajstić information content (AvgIpc) is 3.00. The Morgan fingerprint density at radius 2 is 2.24 bits per heavy atom. The Hall–Kier alpha value is -0.0500. The van der Waals surface area contributed by atoms with Crippen LogP contribution in [0.25, 0.3) is 0 Å². The van der Waals surface area contributed by atoms with Crippen molar-refractivity contribution in [3.63, 3.8) is 0 Å². The Bertz CT molecular complexity index is 356. The predicted molar refractivity (Wildman–Crippen MR) is 72.9 cm³/mol. The van der Waals surface area contributed by atoms with Gasteiger partial charge in [-0.15, -0.1) is 22.9 Å². The highest BCUT2D eigenvalue weighted by atomic mass is 35.5. The minimum Gasteiger partial charge on any atom is -0.377 e. The Labute approximate surface area is 112 Å². The summed E-state index contributed by atoms with van der Waals surface area (Å²) in [4.78, 5) is 1.42. The third-order valence-corrected chi connectivity index (χ3v) is 6.02. The monoisotopic (exact) mass is 270 g/mol. The quantitative estimate of drug-likeness (QED) is 0.744. The lowest BCUT2D eigenvalue weighted by Gasteiger charge is -2.51. The van der Waals surface area contributed by atoms with Crippen LogP contribution in [0, 0.1) is 5.41 Å². The molecule has 94 valence electrons. The number of rotatable bonds is 4. The normalized spacial score (nSPS) is 30.6. The van der Waals surface area contributed by atoms with E-state index in [1.54, 1.807) is 0 Å². The molecule has 0 aromatic carbocycles. The molecule has 0 amide bonds. The number of thiophene rings is 1. The first-order valence-electron chi connectivity index (χ1n) is 6.59. The lowest BCUT2D eigenvalue weighted by atomic mass is 9.64. The molecule has 3 heteroatoms. The topological polar surface area (TPSA) is 9.23 Å². The van der Waals surface area contributed by atoms with Gasteiger partial charge >= 0.3 is 0 Å². The summed E-state index contributed by atoms with van der Waals surface area (Å²) in [6.45, 7) is 0.858. The molecule has 0 radical (unpaired) electrons. The zero-order valence-electron chi connectivity index (χ0n) is 10.0. The minimum atomic E-state index is 0.344. The third-order valence-electron chi connectivity index (χ3n) is 4.47. The number of ether oxygens (including phenoxy) is 1. The van der Waals surface area contributed by atoms with Crippen molar-refractivity contribution in [3.05, 3.63) is 22.4 Å². The van der Waals surface area contributed by atoms with Gasteiger partial charge in [-0.1, -0.05) is 18.9 Å².